The van der Waals surface area contributed by atoms with Crippen LogP contribution in [0.2, 0.25) is 0 Å². The normalized spacial score (nSPS) is 11.6. The summed E-state index contributed by atoms with van der Waals surface area (Å²) in [4.78, 5) is 11.7. The van der Waals surface area contributed by atoms with E-state index in [9.17, 15) is 4.79 Å². The van der Waals surface area contributed by atoms with E-state index in [0.717, 1.165) is 29.9 Å². The Kier molecular flexibility index (Phi) is 6.77. The van der Waals surface area contributed by atoms with Gasteiger partial charge in [0.1, 0.15) is 5.75 Å². The topological polar surface area (TPSA) is 50.7 Å². The quantitative estimate of drug-likeness (QED) is 0.612. The molecular weight excluding hydrogens is 252 g/mol. The van der Waals surface area contributed by atoms with Gasteiger partial charge in [-0.05, 0) is 30.9 Å². The van der Waals surface area contributed by atoms with Crippen LogP contribution in [0.1, 0.15) is 52.0 Å². The number of carbonyl (C=O) groups excluding carboxylic acids is 1. The summed E-state index contributed by atoms with van der Waals surface area (Å²) in [6, 6.07) is 7.78. The summed E-state index contributed by atoms with van der Waals surface area (Å²) in [6.07, 6.45) is 1.90. The van der Waals surface area contributed by atoms with Gasteiger partial charge in [-0.2, -0.15) is 5.10 Å². The highest BCUT2D eigenvalue weighted by Crippen LogP contribution is 2.25. The highest BCUT2D eigenvalue weighted by atomic mass is 16.5. The fourth-order valence-corrected chi connectivity index (χ4v) is 1.84. The molecule has 0 bridgehead atoms. The van der Waals surface area contributed by atoms with E-state index in [1.165, 1.54) is 0 Å². The smallest absolute Gasteiger partial charge is 0.277 e. The van der Waals surface area contributed by atoms with Crippen LogP contribution in [0.3, 0.4) is 0 Å². The van der Waals surface area contributed by atoms with E-state index in [0.29, 0.717) is 5.92 Å². The number of amides is 1. The number of para-hydroxylation sites is 1. The molecule has 0 aliphatic rings. The third kappa shape index (κ3) is 5.43. The molecule has 1 aromatic rings. The first kappa shape index (κ1) is 16.2. The lowest BCUT2D eigenvalue weighted by Crippen LogP contribution is -2.25. The van der Waals surface area contributed by atoms with Gasteiger partial charge in [-0.25, -0.2) is 5.43 Å². The van der Waals surface area contributed by atoms with Crippen LogP contribution in [0.25, 0.3) is 0 Å². The molecule has 1 aromatic carbocycles. The first-order valence-corrected chi connectivity index (χ1v) is 7.08. The van der Waals surface area contributed by atoms with E-state index in [1.807, 2.05) is 31.2 Å². The van der Waals surface area contributed by atoms with Gasteiger partial charge in [0.2, 0.25) is 0 Å². The van der Waals surface area contributed by atoms with E-state index in [2.05, 4.69) is 31.3 Å². The Morgan fingerprint density at radius 3 is 2.70 bits per heavy atom. The molecule has 0 aliphatic carbocycles. The van der Waals surface area contributed by atoms with Crippen LogP contribution in [0.15, 0.2) is 29.4 Å². The molecule has 0 unspecified atom stereocenters. The maximum absolute atomic E-state index is 11.7. The molecule has 0 radical (unpaired) electrons. The fourth-order valence-electron chi connectivity index (χ4n) is 1.84. The van der Waals surface area contributed by atoms with Crippen molar-refractivity contribution in [3.63, 3.8) is 0 Å². The van der Waals surface area contributed by atoms with Gasteiger partial charge in [-0.3, -0.25) is 4.79 Å². The number of nitrogens with zero attached hydrogens (tertiary/aromatic N) is 1. The molecule has 0 aromatic heterocycles. The maximum Gasteiger partial charge on any atom is 0.277 e. The van der Waals surface area contributed by atoms with Crippen molar-refractivity contribution in [3.8, 4) is 5.75 Å². The average Bonchev–Trinajstić information content (AvgIpc) is 2.43. The molecule has 0 aliphatic heterocycles. The largest absolute Gasteiger partial charge is 0.483 e. The third-order valence-corrected chi connectivity index (χ3v) is 2.88. The predicted molar refractivity (Wildman–Crippen MR) is 82.2 cm³/mol. The maximum atomic E-state index is 11.7. The zero-order chi connectivity index (χ0) is 15.0. The zero-order valence-electron chi connectivity index (χ0n) is 12.8. The molecular formula is C16H24N2O2. The number of hydrogen-bond donors (Lipinski definition) is 1. The summed E-state index contributed by atoms with van der Waals surface area (Å²) >= 11 is 0. The van der Waals surface area contributed by atoms with E-state index >= 15 is 0 Å². The average molecular weight is 276 g/mol. The molecule has 1 rings (SSSR count). The van der Waals surface area contributed by atoms with Crippen LogP contribution in [0.5, 0.6) is 5.75 Å². The Bertz CT molecular complexity index is 467. The minimum Gasteiger partial charge on any atom is -0.483 e. The molecule has 0 atom stereocenters. The van der Waals surface area contributed by atoms with Crippen molar-refractivity contribution in [1.29, 1.82) is 0 Å². The van der Waals surface area contributed by atoms with Crippen molar-refractivity contribution < 1.29 is 9.53 Å². The van der Waals surface area contributed by atoms with Gasteiger partial charge in [0, 0.05) is 5.71 Å². The Hall–Kier alpha value is -1.84. The minimum atomic E-state index is -0.237. The summed E-state index contributed by atoms with van der Waals surface area (Å²) in [7, 11) is 0. The number of hydrazone groups is 1. The van der Waals surface area contributed by atoms with Crippen molar-refractivity contribution in [1.82, 2.24) is 5.43 Å². The van der Waals surface area contributed by atoms with Gasteiger partial charge < -0.3 is 4.74 Å². The van der Waals surface area contributed by atoms with Crippen molar-refractivity contribution in [2.45, 2.75) is 46.5 Å². The molecule has 4 nitrogen and oxygen atoms in total. The van der Waals surface area contributed by atoms with E-state index in [1.54, 1.807) is 0 Å². The second-order valence-corrected chi connectivity index (χ2v) is 5.11. The Balaban J connectivity index is 2.51. The zero-order valence-corrected chi connectivity index (χ0v) is 12.8. The Morgan fingerprint density at radius 1 is 1.35 bits per heavy atom. The summed E-state index contributed by atoms with van der Waals surface area (Å²) in [5.74, 6) is 0.880. The summed E-state index contributed by atoms with van der Waals surface area (Å²) in [5, 5.41) is 4.02. The van der Waals surface area contributed by atoms with Gasteiger partial charge in [0.15, 0.2) is 6.61 Å². The van der Waals surface area contributed by atoms with Crippen molar-refractivity contribution in [2.75, 3.05) is 6.61 Å². The minimum absolute atomic E-state index is 0.0212. The van der Waals surface area contributed by atoms with Crippen molar-refractivity contribution >= 4 is 11.6 Å². The lowest BCUT2D eigenvalue weighted by molar-refractivity contribution is -0.123. The lowest BCUT2D eigenvalue weighted by atomic mass is 10.0. The predicted octanol–water partition coefficient (Wildman–Crippen LogP) is 3.48. The second kappa shape index (κ2) is 8.35. The van der Waals surface area contributed by atoms with Crippen LogP contribution in [-0.4, -0.2) is 18.2 Å². The molecule has 0 saturated carbocycles. The number of rotatable bonds is 7. The second-order valence-electron chi connectivity index (χ2n) is 5.11. The molecule has 0 saturated heterocycles. The van der Waals surface area contributed by atoms with Gasteiger partial charge in [-0.1, -0.05) is 45.4 Å². The SMILES string of the molecule is CCC/C(C)=N/NC(=O)COc1ccccc1C(C)C. The van der Waals surface area contributed by atoms with E-state index in [4.69, 9.17) is 4.74 Å². The number of benzene rings is 1. The van der Waals surface area contributed by atoms with Gasteiger partial charge in [-0.15, -0.1) is 0 Å². The molecule has 20 heavy (non-hydrogen) atoms. The van der Waals surface area contributed by atoms with Crippen LogP contribution in [0, 0.1) is 0 Å². The lowest BCUT2D eigenvalue weighted by Gasteiger charge is -2.13. The Labute approximate surface area is 121 Å². The highest BCUT2D eigenvalue weighted by molar-refractivity contribution is 5.84. The molecule has 4 heteroatoms. The van der Waals surface area contributed by atoms with Gasteiger partial charge in [0.25, 0.3) is 5.91 Å². The molecule has 110 valence electrons. The fraction of sp³-hybridized carbons (Fsp3) is 0.500. The van der Waals surface area contributed by atoms with Crippen LogP contribution in [-0.2, 0) is 4.79 Å². The molecule has 0 spiro atoms. The van der Waals surface area contributed by atoms with Gasteiger partial charge in [0.05, 0.1) is 0 Å². The Morgan fingerprint density at radius 2 is 2.05 bits per heavy atom. The van der Waals surface area contributed by atoms with Crippen molar-refractivity contribution in [3.05, 3.63) is 29.8 Å². The van der Waals surface area contributed by atoms with E-state index in [-0.39, 0.29) is 12.5 Å². The van der Waals surface area contributed by atoms with Crippen molar-refractivity contribution in [2.24, 2.45) is 5.10 Å². The van der Waals surface area contributed by atoms with E-state index < -0.39 is 0 Å². The first-order chi connectivity index (χ1) is 9.54. The van der Waals surface area contributed by atoms with Gasteiger partial charge >= 0.3 is 0 Å². The third-order valence-electron chi connectivity index (χ3n) is 2.88. The summed E-state index contributed by atoms with van der Waals surface area (Å²) in [6.45, 7) is 8.15. The number of hydrogen-bond acceptors (Lipinski definition) is 3. The standard InChI is InChI=1S/C16H24N2O2/c1-5-8-13(4)17-18-16(19)11-20-15-10-7-6-9-14(15)12(2)3/h6-7,9-10,12H,5,8,11H2,1-4H3,(H,18,19)/b17-13+. The monoisotopic (exact) mass is 276 g/mol. The van der Waals surface area contributed by atoms with Crippen LogP contribution < -0.4 is 10.2 Å². The number of nitrogens with one attached hydrogen (secondary N) is 1. The molecule has 1 N–H and O–H groups in total. The highest BCUT2D eigenvalue weighted by Gasteiger charge is 2.08. The molecule has 0 heterocycles. The molecule has 0 fully saturated rings. The number of carbonyl (C=O) groups is 1. The molecule has 1 amide bonds. The summed E-state index contributed by atoms with van der Waals surface area (Å²) in [5.41, 5.74) is 4.53. The number of ether oxygens (including phenoxy) is 1. The first-order valence-electron chi connectivity index (χ1n) is 7.08. The van der Waals surface area contributed by atoms with Crippen LogP contribution in [0.4, 0.5) is 0 Å². The summed E-state index contributed by atoms with van der Waals surface area (Å²) < 4.78 is 5.57. The van der Waals surface area contributed by atoms with Crippen LogP contribution >= 0.6 is 0 Å².